The van der Waals surface area contributed by atoms with E-state index in [0.29, 0.717) is 30.8 Å². The van der Waals surface area contributed by atoms with Gasteiger partial charge in [-0.2, -0.15) is 0 Å². The number of hydrogen-bond acceptors (Lipinski definition) is 3. The molecule has 0 aliphatic heterocycles. The van der Waals surface area contributed by atoms with Gasteiger partial charge in [0.2, 0.25) is 5.91 Å². The largest absolute Gasteiger partial charge is 0.495 e. The molecule has 0 aromatic heterocycles. The zero-order chi connectivity index (χ0) is 12.8. The fourth-order valence-corrected chi connectivity index (χ4v) is 1.48. The Morgan fingerprint density at radius 2 is 2.24 bits per heavy atom. The van der Waals surface area contributed by atoms with Crippen LogP contribution < -0.4 is 15.4 Å². The van der Waals surface area contributed by atoms with Crippen LogP contribution >= 0.6 is 0 Å². The molecule has 0 unspecified atom stereocenters. The summed E-state index contributed by atoms with van der Waals surface area (Å²) in [6.07, 6.45) is 0.952. The van der Waals surface area contributed by atoms with Crippen molar-refractivity contribution in [3.63, 3.8) is 0 Å². The summed E-state index contributed by atoms with van der Waals surface area (Å²) >= 11 is 0. The molecule has 0 spiro atoms. The lowest BCUT2D eigenvalue weighted by atomic mass is 10.2. The lowest BCUT2D eigenvalue weighted by molar-refractivity contribution is -0.118. The predicted molar refractivity (Wildman–Crippen MR) is 64.7 cm³/mol. The second-order valence-corrected chi connectivity index (χ2v) is 3.66. The third kappa shape index (κ3) is 3.42. The molecule has 1 amide bonds. The van der Waals surface area contributed by atoms with E-state index in [-0.39, 0.29) is 5.91 Å². The summed E-state index contributed by atoms with van der Waals surface area (Å²) in [4.78, 5) is 13.2. The first kappa shape index (κ1) is 13.4. The summed E-state index contributed by atoms with van der Waals surface area (Å²) in [7, 11) is 3.07. The molecule has 0 atom stereocenters. The fraction of sp³-hybridized carbons (Fsp3) is 0.417. The number of rotatable bonds is 5. The topological polar surface area (TPSA) is 55.6 Å². The smallest absolute Gasteiger partial charge is 0.226 e. The summed E-state index contributed by atoms with van der Waals surface area (Å²) < 4.78 is 18.2. The third-order valence-corrected chi connectivity index (χ3v) is 2.47. The molecule has 2 N–H and O–H groups in total. The predicted octanol–water partition coefficient (Wildman–Crippen LogP) is 1.54. The van der Waals surface area contributed by atoms with Crippen molar-refractivity contribution in [1.29, 1.82) is 0 Å². The number of carbonyl (C=O) groups excluding carboxylic acids is 1. The Hall–Kier alpha value is -1.62. The van der Waals surface area contributed by atoms with Crippen LogP contribution in [0.2, 0.25) is 0 Å². The highest BCUT2D eigenvalue weighted by Crippen LogP contribution is 2.28. The number of nitrogens with zero attached hydrogens (tertiary/aromatic N) is 1. The van der Waals surface area contributed by atoms with Crippen molar-refractivity contribution in [2.24, 2.45) is 5.73 Å². The Morgan fingerprint density at radius 1 is 1.53 bits per heavy atom. The standard InChI is InChI=1S/C12H17FN2O2/c1-15(12(16)4-3-7-14)10-8-9(13)5-6-11(10)17-2/h5-6,8H,3-4,7,14H2,1-2H3. The van der Waals surface area contributed by atoms with Crippen LogP contribution in [0.15, 0.2) is 18.2 Å². The molecule has 1 aromatic carbocycles. The second-order valence-electron chi connectivity index (χ2n) is 3.66. The van der Waals surface area contributed by atoms with Crippen LogP contribution in [0.5, 0.6) is 5.75 Å². The molecule has 0 fully saturated rings. The first-order valence-electron chi connectivity index (χ1n) is 5.40. The molecule has 94 valence electrons. The van der Waals surface area contributed by atoms with Gasteiger partial charge in [0.25, 0.3) is 0 Å². The molecule has 0 heterocycles. The van der Waals surface area contributed by atoms with E-state index >= 15 is 0 Å². The number of halogens is 1. The molecular weight excluding hydrogens is 223 g/mol. The highest BCUT2D eigenvalue weighted by atomic mass is 19.1. The molecule has 0 bridgehead atoms. The number of methoxy groups -OCH3 is 1. The molecule has 1 rings (SSSR count). The lowest BCUT2D eigenvalue weighted by Gasteiger charge is -2.19. The maximum atomic E-state index is 13.1. The summed E-state index contributed by atoms with van der Waals surface area (Å²) in [6.45, 7) is 0.458. The van der Waals surface area contributed by atoms with Gasteiger partial charge in [-0.3, -0.25) is 4.79 Å². The Morgan fingerprint density at radius 3 is 2.82 bits per heavy atom. The zero-order valence-electron chi connectivity index (χ0n) is 10.1. The van der Waals surface area contributed by atoms with Crippen LogP contribution in [0.3, 0.4) is 0 Å². The summed E-state index contributed by atoms with van der Waals surface area (Å²) in [6, 6.07) is 4.07. The quantitative estimate of drug-likeness (QED) is 0.849. The van der Waals surface area contributed by atoms with Gasteiger partial charge in [-0.05, 0) is 25.1 Å². The number of ether oxygens (including phenoxy) is 1. The first-order chi connectivity index (χ1) is 8.10. The maximum Gasteiger partial charge on any atom is 0.226 e. The lowest BCUT2D eigenvalue weighted by Crippen LogP contribution is -2.27. The van der Waals surface area contributed by atoms with E-state index in [2.05, 4.69) is 0 Å². The second kappa shape index (κ2) is 6.20. The van der Waals surface area contributed by atoms with Crippen LogP contribution in [0.25, 0.3) is 0 Å². The van der Waals surface area contributed by atoms with Crippen molar-refractivity contribution in [3.8, 4) is 5.75 Å². The zero-order valence-corrected chi connectivity index (χ0v) is 10.1. The van der Waals surface area contributed by atoms with Crippen LogP contribution in [-0.4, -0.2) is 26.6 Å². The first-order valence-corrected chi connectivity index (χ1v) is 5.40. The molecule has 4 nitrogen and oxygen atoms in total. The van der Waals surface area contributed by atoms with Gasteiger partial charge in [-0.25, -0.2) is 4.39 Å². The number of anilines is 1. The van der Waals surface area contributed by atoms with Gasteiger partial charge in [0.05, 0.1) is 12.8 Å². The number of hydrogen-bond donors (Lipinski definition) is 1. The van der Waals surface area contributed by atoms with E-state index in [4.69, 9.17) is 10.5 Å². The minimum atomic E-state index is -0.403. The van der Waals surface area contributed by atoms with Crippen LogP contribution in [0.1, 0.15) is 12.8 Å². The van der Waals surface area contributed by atoms with Gasteiger partial charge in [0.1, 0.15) is 11.6 Å². The summed E-state index contributed by atoms with van der Waals surface area (Å²) in [5.41, 5.74) is 5.77. The fourth-order valence-electron chi connectivity index (χ4n) is 1.48. The van der Waals surface area contributed by atoms with Crippen molar-refractivity contribution in [3.05, 3.63) is 24.0 Å². The molecule has 0 saturated carbocycles. The normalized spacial score (nSPS) is 10.1. The highest BCUT2D eigenvalue weighted by Gasteiger charge is 2.15. The molecule has 1 aromatic rings. The average molecular weight is 240 g/mol. The molecule has 0 aliphatic carbocycles. The monoisotopic (exact) mass is 240 g/mol. The van der Waals surface area contributed by atoms with Crippen molar-refractivity contribution in [2.75, 3.05) is 25.6 Å². The molecule has 0 radical (unpaired) electrons. The molecule has 0 aliphatic rings. The Kier molecular flexibility index (Phi) is 4.90. The molecular formula is C12H17FN2O2. The Bertz CT molecular complexity index is 396. The average Bonchev–Trinajstić information content (AvgIpc) is 2.34. The highest BCUT2D eigenvalue weighted by molar-refractivity contribution is 5.94. The SMILES string of the molecule is COc1ccc(F)cc1N(C)C(=O)CCCN. The van der Waals surface area contributed by atoms with Gasteiger partial charge in [0, 0.05) is 19.5 Å². The van der Waals surface area contributed by atoms with Crippen molar-refractivity contribution >= 4 is 11.6 Å². The number of amides is 1. The van der Waals surface area contributed by atoms with E-state index in [1.54, 1.807) is 7.05 Å². The van der Waals surface area contributed by atoms with E-state index in [1.165, 1.54) is 30.2 Å². The minimum absolute atomic E-state index is 0.112. The van der Waals surface area contributed by atoms with Gasteiger partial charge in [-0.1, -0.05) is 0 Å². The summed E-state index contributed by atoms with van der Waals surface area (Å²) in [5.74, 6) is -0.0476. The van der Waals surface area contributed by atoms with Gasteiger partial charge in [0.15, 0.2) is 0 Å². The molecule has 0 saturated heterocycles. The van der Waals surface area contributed by atoms with E-state index in [1.807, 2.05) is 0 Å². The van der Waals surface area contributed by atoms with Gasteiger partial charge < -0.3 is 15.4 Å². The van der Waals surface area contributed by atoms with Crippen LogP contribution in [0.4, 0.5) is 10.1 Å². The van der Waals surface area contributed by atoms with E-state index < -0.39 is 5.82 Å². The molecule has 5 heteroatoms. The van der Waals surface area contributed by atoms with Crippen molar-refractivity contribution in [2.45, 2.75) is 12.8 Å². The van der Waals surface area contributed by atoms with Crippen LogP contribution in [0, 0.1) is 5.82 Å². The Balaban J connectivity index is 2.90. The number of nitrogens with two attached hydrogens (primary N) is 1. The molecule has 17 heavy (non-hydrogen) atoms. The maximum absolute atomic E-state index is 13.1. The number of carbonyl (C=O) groups is 1. The van der Waals surface area contributed by atoms with Gasteiger partial charge in [-0.15, -0.1) is 0 Å². The van der Waals surface area contributed by atoms with E-state index in [9.17, 15) is 9.18 Å². The Labute approximate surface area is 100 Å². The summed E-state index contributed by atoms with van der Waals surface area (Å²) in [5, 5.41) is 0. The van der Waals surface area contributed by atoms with E-state index in [0.717, 1.165) is 0 Å². The third-order valence-electron chi connectivity index (χ3n) is 2.47. The minimum Gasteiger partial charge on any atom is -0.495 e. The number of benzene rings is 1. The van der Waals surface area contributed by atoms with Crippen molar-refractivity contribution < 1.29 is 13.9 Å². The van der Waals surface area contributed by atoms with Crippen LogP contribution in [-0.2, 0) is 4.79 Å². The van der Waals surface area contributed by atoms with Gasteiger partial charge >= 0.3 is 0 Å². The van der Waals surface area contributed by atoms with Crippen molar-refractivity contribution in [1.82, 2.24) is 0 Å².